The van der Waals surface area contributed by atoms with Gasteiger partial charge < -0.3 is 34.9 Å². The molecule has 2 heterocycles. The third kappa shape index (κ3) is 5.73. The van der Waals surface area contributed by atoms with Crippen LogP contribution in [0, 0.1) is 0 Å². The molecule has 2 aliphatic rings. The highest BCUT2D eigenvalue weighted by atomic mass is 16.5. The molecule has 3 aromatic carbocycles. The van der Waals surface area contributed by atoms with Crippen molar-refractivity contribution < 1.29 is 28.9 Å². The Morgan fingerprint density at radius 1 is 0.860 bits per heavy atom. The molecule has 0 bridgehead atoms. The van der Waals surface area contributed by atoms with E-state index in [-0.39, 0.29) is 17.6 Å². The first-order valence-corrected chi connectivity index (χ1v) is 14.7. The second-order valence-corrected chi connectivity index (χ2v) is 11.6. The summed E-state index contributed by atoms with van der Waals surface area (Å²) in [6, 6.07) is 20.6. The summed E-state index contributed by atoms with van der Waals surface area (Å²) in [6.45, 7) is 3.25. The second kappa shape index (κ2) is 12.6. The molecular weight excluding hydrogens is 546 g/mol. The van der Waals surface area contributed by atoms with Crippen molar-refractivity contribution in [3.63, 3.8) is 0 Å². The minimum absolute atomic E-state index is 0.136. The summed E-state index contributed by atoms with van der Waals surface area (Å²) in [6.07, 6.45) is 2.77. The molecule has 0 saturated carbocycles. The number of phenolic OH excluding ortho intramolecular Hbond substituents is 1. The van der Waals surface area contributed by atoms with Crippen LogP contribution < -0.4 is 19.9 Å². The summed E-state index contributed by atoms with van der Waals surface area (Å²) in [7, 11) is 4.58. The van der Waals surface area contributed by atoms with Crippen molar-refractivity contribution in [1.82, 2.24) is 9.80 Å². The van der Waals surface area contributed by atoms with Gasteiger partial charge in [0.2, 0.25) is 11.7 Å². The van der Waals surface area contributed by atoms with E-state index in [0.717, 1.165) is 37.2 Å². The molecule has 9 heteroatoms. The standard InChI is InChI=1S/C34H41N3O6/c1-41-28-21-24(22-29(42-2)30(28)43-3)31(39)37-20-14-33(23-37,26-11-7-8-12-27(26)38)13-17-36-18-15-34(16-19-36,32(35)40)25-9-5-4-6-10-25/h4-12,21-22,38H,13-20,23H2,1-3H3,(H2,35,40). The predicted octanol–water partition coefficient (Wildman–Crippen LogP) is 4.11. The van der Waals surface area contributed by atoms with Gasteiger partial charge in [-0.25, -0.2) is 0 Å². The first kappa shape index (κ1) is 30.2. The van der Waals surface area contributed by atoms with Gasteiger partial charge in [0, 0.05) is 29.6 Å². The van der Waals surface area contributed by atoms with Crippen LogP contribution in [0.15, 0.2) is 66.7 Å². The summed E-state index contributed by atoms with van der Waals surface area (Å²) >= 11 is 0. The molecule has 0 aromatic heterocycles. The average molecular weight is 588 g/mol. The van der Waals surface area contributed by atoms with Crippen molar-refractivity contribution >= 4 is 11.8 Å². The van der Waals surface area contributed by atoms with Gasteiger partial charge in [0.25, 0.3) is 5.91 Å². The van der Waals surface area contributed by atoms with Gasteiger partial charge in [-0.15, -0.1) is 0 Å². The summed E-state index contributed by atoms with van der Waals surface area (Å²) in [5.41, 5.74) is 7.14. The Bertz CT molecular complexity index is 1430. The molecule has 0 spiro atoms. The Morgan fingerprint density at radius 2 is 1.49 bits per heavy atom. The number of para-hydroxylation sites is 1. The lowest BCUT2D eigenvalue weighted by Gasteiger charge is -2.41. The quantitative estimate of drug-likeness (QED) is 0.367. The summed E-state index contributed by atoms with van der Waals surface area (Å²) in [5, 5.41) is 10.9. The number of rotatable bonds is 10. The molecule has 2 saturated heterocycles. The van der Waals surface area contributed by atoms with Gasteiger partial charge in [-0.1, -0.05) is 48.5 Å². The summed E-state index contributed by atoms with van der Waals surface area (Å²) < 4.78 is 16.4. The molecular formula is C34H41N3O6. The number of aromatic hydroxyl groups is 1. The van der Waals surface area contributed by atoms with Gasteiger partial charge in [0.1, 0.15) is 5.75 Å². The van der Waals surface area contributed by atoms with E-state index in [1.165, 1.54) is 21.3 Å². The number of nitrogens with zero attached hydrogens (tertiary/aromatic N) is 2. The van der Waals surface area contributed by atoms with E-state index in [2.05, 4.69) is 4.90 Å². The third-order valence-corrected chi connectivity index (χ3v) is 9.44. The molecule has 0 aliphatic carbocycles. The molecule has 5 rings (SSSR count). The number of hydrogen-bond acceptors (Lipinski definition) is 7. The van der Waals surface area contributed by atoms with E-state index in [0.29, 0.717) is 55.2 Å². The minimum atomic E-state index is -0.662. The number of methoxy groups -OCH3 is 3. The lowest BCUT2D eigenvalue weighted by atomic mass is 9.71. The Labute approximate surface area is 253 Å². The van der Waals surface area contributed by atoms with Crippen LogP contribution in [0.4, 0.5) is 0 Å². The van der Waals surface area contributed by atoms with E-state index in [1.54, 1.807) is 18.2 Å². The Morgan fingerprint density at radius 3 is 2.07 bits per heavy atom. The van der Waals surface area contributed by atoms with Crippen molar-refractivity contribution in [1.29, 1.82) is 0 Å². The van der Waals surface area contributed by atoms with Crippen LogP contribution in [0.2, 0.25) is 0 Å². The average Bonchev–Trinajstić information content (AvgIpc) is 3.48. The fraction of sp³-hybridized carbons (Fsp3) is 0.412. The van der Waals surface area contributed by atoms with Gasteiger partial charge in [-0.2, -0.15) is 0 Å². The monoisotopic (exact) mass is 587 g/mol. The van der Waals surface area contributed by atoms with Crippen molar-refractivity contribution in [3.05, 3.63) is 83.4 Å². The maximum Gasteiger partial charge on any atom is 0.254 e. The fourth-order valence-electron chi connectivity index (χ4n) is 6.88. The van der Waals surface area contributed by atoms with Crippen LogP contribution in [0.3, 0.4) is 0 Å². The Kier molecular flexibility index (Phi) is 8.82. The normalized spacial score (nSPS) is 20.0. The largest absolute Gasteiger partial charge is 0.508 e. The van der Waals surface area contributed by atoms with E-state index < -0.39 is 10.8 Å². The number of nitrogens with two attached hydrogens (primary N) is 1. The van der Waals surface area contributed by atoms with Crippen LogP contribution in [0.25, 0.3) is 0 Å². The Balaban J connectivity index is 1.35. The van der Waals surface area contributed by atoms with Crippen LogP contribution in [0.1, 0.15) is 47.2 Å². The number of primary amides is 1. The van der Waals surface area contributed by atoms with Gasteiger partial charge >= 0.3 is 0 Å². The molecule has 228 valence electrons. The number of benzene rings is 3. The van der Waals surface area contributed by atoms with Gasteiger partial charge in [0.15, 0.2) is 11.5 Å². The maximum absolute atomic E-state index is 13.8. The van der Waals surface area contributed by atoms with E-state index in [1.807, 2.05) is 53.4 Å². The first-order chi connectivity index (χ1) is 20.8. The zero-order valence-corrected chi connectivity index (χ0v) is 25.2. The number of ether oxygens (including phenoxy) is 3. The first-order valence-electron chi connectivity index (χ1n) is 14.7. The topological polar surface area (TPSA) is 115 Å². The second-order valence-electron chi connectivity index (χ2n) is 11.6. The lowest BCUT2D eigenvalue weighted by Crippen LogP contribution is -2.50. The van der Waals surface area contributed by atoms with Gasteiger partial charge in [-0.05, 0) is 69.1 Å². The molecule has 2 aliphatic heterocycles. The maximum atomic E-state index is 13.8. The molecule has 1 unspecified atom stereocenters. The number of likely N-dealkylation sites (tertiary alicyclic amines) is 2. The number of carbonyl (C=O) groups is 2. The highest BCUT2D eigenvalue weighted by molar-refractivity contribution is 5.96. The van der Waals surface area contributed by atoms with Gasteiger partial charge in [-0.3, -0.25) is 9.59 Å². The lowest BCUT2D eigenvalue weighted by molar-refractivity contribution is -0.125. The summed E-state index contributed by atoms with van der Waals surface area (Å²) in [5.74, 6) is 1.10. The minimum Gasteiger partial charge on any atom is -0.508 e. The highest BCUT2D eigenvalue weighted by Gasteiger charge is 2.45. The number of piperidine rings is 1. The summed E-state index contributed by atoms with van der Waals surface area (Å²) in [4.78, 5) is 30.7. The molecule has 43 heavy (non-hydrogen) atoms. The van der Waals surface area contributed by atoms with Crippen LogP contribution >= 0.6 is 0 Å². The van der Waals surface area contributed by atoms with Crippen LogP contribution in [0.5, 0.6) is 23.0 Å². The molecule has 9 nitrogen and oxygen atoms in total. The Hall–Kier alpha value is -4.24. The van der Waals surface area contributed by atoms with E-state index >= 15 is 0 Å². The van der Waals surface area contributed by atoms with E-state index in [9.17, 15) is 14.7 Å². The number of phenols is 1. The fourth-order valence-corrected chi connectivity index (χ4v) is 6.88. The zero-order chi connectivity index (χ0) is 30.6. The highest BCUT2D eigenvalue weighted by Crippen LogP contribution is 2.44. The van der Waals surface area contributed by atoms with Crippen LogP contribution in [-0.2, 0) is 15.6 Å². The molecule has 1 atom stereocenters. The zero-order valence-electron chi connectivity index (χ0n) is 25.2. The molecule has 3 N–H and O–H groups in total. The molecule has 2 amide bonds. The molecule has 0 radical (unpaired) electrons. The van der Waals surface area contributed by atoms with Gasteiger partial charge in [0.05, 0.1) is 26.7 Å². The van der Waals surface area contributed by atoms with E-state index in [4.69, 9.17) is 19.9 Å². The van der Waals surface area contributed by atoms with Crippen molar-refractivity contribution in [2.75, 3.05) is 54.1 Å². The SMILES string of the molecule is COc1cc(C(=O)N2CCC(CCN3CCC(C(N)=O)(c4ccccc4)CC3)(c3ccccc3O)C2)cc(OC)c1OC. The number of hydrogen-bond donors (Lipinski definition) is 2. The number of carbonyl (C=O) groups excluding carboxylic acids is 2. The van der Waals surface area contributed by atoms with Crippen LogP contribution in [-0.4, -0.2) is 80.8 Å². The third-order valence-electron chi connectivity index (χ3n) is 9.44. The smallest absolute Gasteiger partial charge is 0.254 e. The van der Waals surface area contributed by atoms with Crippen molar-refractivity contribution in [3.8, 4) is 23.0 Å². The molecule has 2 fully saturated rings. The van der Waals surface area contributed by atoms with Crippen molar-refractivity contribution in [2.45, 2.75) is 36.5 Å². The van der Waals surface area contributed by atoms with Crippen molar-refractivity contribution in [2.24, 2.45) is 5.73 Å². The predicted molar refractivity (Wildman–Crippen MR) is 164 cm³/mol. The number of amides is 2. The molecule has 3 aromatic rings.